The average molecular weight is 579 g/mol. The number of hydrogen-bond donors (Lipinski definition) is 3. The fourth-order valence-electron chi connectivity index (χ4n) is 5.26. The Labute approximate surface area is 244 Å². The third kappa shape index (κ3) is 6.49. The fourth-order valence-corrected chi connectivity index (χ4v) is 5.58. The van der Waals surface area contributed by atoms with Gasteiger partial charge in [-0.25, -0.2) is 4.98 Å². The summed E-state index contributed by atoms with van der Waals surface area (Å²) in [6.45, 7) is 4.16. The Bertz CT molecular complexity index is 1470. The monoisotopic (exact) mass is 577 g/mol. The lowest BCUT2D eigenvalue weighted by Gasteiger charge is -2.29. The maximum Gasteiger partial charge on any atom is 0.246 e. The fraction of sp³-hybridized carbons (Fsp3) is 0.323. The molecule has 0 spiro atoms. The van der Waals surface area contributed by atoms with Crippen LogP contribution in [0.5, 0.6) is 0 Å². The number of amides is 2. The summed E-state index contributed by atoms with van der Waals surface area (Å²) >= 11 is 12.4. The molecule has 3 aromatic carbocycles. The Hall–Kier alpha value is -3.39. The van der Waals surface area contributed by atoms with E-state index in [0.717, 1.165) is 35.0 Å². The van der Waals surface area contributed by atoms with Crippen molar-refractivity contribution in [2.24, 2.45) is 5.73 Å². The van der Waals surface area contributed by atoms with Gasteiger partial charge >= 0.3 is 0 Å². The lowest BCUT2D eigenvalue weighted by Crippen LogP contribution is -2.51. The van der Waals surface area contributed by atoms with Crippen LogP contribution < -0.4 is 11.1 Å². The highest BCUT2D eigenvalue weighted by atomic mass is 35.5. The van der Waals surface area contributed by atoms with Gasteiger partial charge in [-0.15, -0.1) is 0 Å². The van der Waals surface area contributed by atoms with Gasteiger partial charge in [0.1, 0.15) is 11.9 Å². The largest absolute Gasteiger partial charge is 0.344 e. The Balaban J connectivity index is 1.39. The van der Waals surface area contributed by atoms with Crippen LogP contribution in [-0.4, -0.2) is 44.8 Å². The van der Waals surface area contributed by atoms with E-state index in [2.05, 4.69) is 22.4 Å². The maximum absolute atomic E-state index is 14.0. The predicted octanol–water partition coefficient (Wildman–Crippen LogP) is 6.06. The van der Waals surface area contributed by atoms with Crippen LogP contribution in [0.1, 0.15) is 50.5 Å². The molecule has 2 heterocycles. The molecule has 4 N–H and O–H groups in total. The summed E-state index contributed by atoms with van der Waals surface area (Å²) < 4.78 is 0. The van der Waals surface area contributed by atoms with E-state index in [4.69, 9.17) is 33.9 Å². The molecule has 1 aliphatic heterocycles. The minimum absolute atomic E-state index is 0.109. The highest BCUT2D eigenvalue weighted by Gasteiger charge is 2.36. The number of H-pyrrole nitrogens is 1. The third-order valence-corrected chi connectivity index (χ3v) is 7.87. The number of aromatic nitrogens is 2. The topological polar surface area (TPSA) is 104 Å². The number of hydrogen-bond acceptors (Lipinski definition) is 4. The van der Waals surface area contributed by atoms with Gasteiger partial charge < -0.3 is 20.9 Å². The zero-order chi connectivity index (χ0) is 28.4. The van der Waals surface area contributed by atoms with Crippen molar-refractivity contribution in [3.63, 3.8) is 0 Å². The van der Waals surface area contributed by atoms with Crippen LogP contribution in [0, 0.1) is 0 Å². The average Bonchev–Trinajstić information content (AvgIpc) is 3.55. The zero-order valence-corrected chi connectivity index (χ0v) is 24.1. The molecule has 2 atom stereocenters. The van der Waals surface area contributed by atoms with Crippen LogP contribution in [-0.2, 0) is 16.0 Å². The van der Waals surface area contributed by atoms with Crippen molar-refractivity contribution in [3.8, 4) is 11.1 Å². The Kier molecular flexibility index (Phi) is 8.17. The van der Waals surface area contributed by atoms with Crippen molar-refractivity contribution in [1.29, 1.82) is 0 Å². The van der Waals surface area contributed by atoms with Crippen molar-refractivity contribution in [1.82, 2.24) is 20.2 Å². The Morgan fingerprint density at radius 3 is 2.45 bits per heavy atom. The van der Waals surface area contributed by atoms with Crippen LogP contribution in [0.3, 0.4) is 0 Å². The van der Waals surface area contributed by atoms with Gasteiger partial charge in [0.25, 0.3) is 0 Å². The van der Waals surface area contributed by atoms with E-state index in [1.807, 2.05) is 47.4 Å². The molecule has 0 saturated carbocycles. The SMILES string of the molecule is CC(C)(N)CC(=O)N[C@@H](Cc1ccc(-c2ccccc2)cc1)C(=O)N1CCC[C@H]1c1nc2cc(Cl)c(Cl)cc2[nH]1. The second-order valence-electron chi connectivity index (χ2n) is 11.1. The van der Waals surface area contributed by atoms with E-state index in [-0.39, 0.29) is 24.3 Å². The van der Waals surface area contributed by atoms with Crippen LogP contribution in [0.25, 0.3) is 22.2 Å². The van der Waals surface area contributed by atoms with Gasteiger partial charge in [-0.2, -0.15) is 0 Å². The quantitative estimate of drug-likeness (QED) is 0.237. The number of nitrogens with one attached hydrogen (secondary N) is 2. The first kappa shape index (κ1) is 28.1. The highest BCUT2D eigenvalue weighted by Crippen LogP contribution is 2.34. The number of rotatable bonds is 8. The molecule has 0 radical (unpaired) electrons. The summed E-state index contributed by atoms with van der Waals surface area (Å²) in [7, 11) is 0. The first-order valence-electron chi connectivity index (χ1n) is 13.5. The molecule has 1 aliphatic rings. The number of carbonyl (C=O) groups is 2. The molecule has 208 valence electrons. The number of fused-ring (bicyclic) bond motifs is 1. The lowest BCUT2D eigenvalue weighted by molar-refractivity contribution is -0.137. The molecule has 0 aliphatic carbocycles. The smallest absolute Gasteiger partial charge is 0.246 e. The third-order valence-electron chi connectivity index (χ3n) is 7.14. The van der Waals surface area contributed by atoms with Crippen molar-refractivity contribution >= 4 is 46.0 Å². The molecule has 1 aromatic heterocycles. The van der Waals surface area contributed by atoms with E-state index in [9.17, 15) is 9.59 Å². The maximum atomic E-state index is 14.0. The molecule has 5 rings (SSSR count). The summed E-state index contributed by atoms with van der Waals surface area (Å²) in [4.78, 5) is 36.8. The minimum Gasteiger partial charge on any atom is -0.344 e. The highest BCUT2D eigenvalue weighted by molar-refractivity contribution is 6.42. The van der Waals surface area contributed by atoms with Crippen molar-refractivity contribution in [2.45, 2.75) is 57.2 Å². The van der Waals surface area contributed by atoms with Gasteiger partial charge in [0.15, 0.2) is 0 Å². The van der Waals surface area contributed by atoms with Gasteiger partial charge in [0.2, 0.25) is 11.8 Å². The van der Waals surface area contributed by atoms with Crippen LogP contribution >= 0.6 is 23.2 Å². The number of halogens is 2. The van der Waals surface area contributed by atoms with Gasteiger partial charge in [-0.3, -0.25) is 9.59 Å². The first-order chi connectivity index (χ1) is 19.1. The summed E-state index contributed by atoms with van der Waals surface area (Å²) in [6.07, 6.45) is 2.06. The molecule has 1 fully saturated rings. The molecular formula is C31H33Cl2N5O2. The summed E-state index contributed by atoms with van der Waals surface area (Å²) in [5.74, 6) is 0.282. The molecule has 0 unspecified atom stereocenters. The normalized spacial score (nSPS) is 16.3. The van der Waals surface area contributed by atoms with Crippen molar-refractivity contribution in [2.75, 3.05) is 6.54 Å². The number of aromatic amines is 1. The standard InChI is InChI=1S/C31H33Cl2N5O2/c1-31(2,34)18-28(39)35-26(15-19-10-12-21(13-11-19)20-7-4-3-5-8-20)30(40)38-14-6-9-27(38)29-36-24-16-22(32)23(33)17-25(24)37-29/h3-5,7-8,10-13,16-17,26-27H,6,9,14-15,18,34H2,1-2H3,(H,35,39)(H,36,37)/t26-,27-/m0/s1. The molecule has 2 amide bonds. The number of imidazole rings is 1. The summed E-state index contributed by atoms with van der Waals surface area (Å²) in [5, 5.41) is 3.85. The van der Waals surface area contributed by atoms with Crippen LogP contribution in [0.15, 0.2) is 66.7 Å². The second kappa shape index (κ2) is 11.6. The molecule has 40 heavy (non-hydrogen) atoms. The lowest BCUT2D eigenvalue weighted by atomic mass is 9.98. The van der Waals surface area contributed by atoms with Gasteiger partial charge in [0, 0.05) is 24.9 Å². The van der Waals surface area contributed by atoms with E-state index in [0.29, 0.717) is 34.4 Å². The van der Waals surface area contributed by atoms with Crippen LogP contribution in [0.4, 0.5) is 0 Å². The van der Waals surface area contributed by atoms with Crippen LogP contribution in [0.2, 0.25) is 10.0 Å². The van der Waals surface area contributed by atoms with E-state index >= 15 is 0 Å². The van der Waals surface area contributed by atoms with E-state index < -0.39 is 11.6 Å². The number of likely N-dealkylation sites (tertiary alicyclic amines) is 1. The second-order valence-corrected chi connectivity index (χ2v) is 12.0. The molecule has 0 bridgehead atoms. The number of carbonyl (C=O) groups excluding carboxylic acids is 2. The molecule has 9 heteroatoms. The van der Waals surface area contributed by atoms with Gasteiger partial charge in [-0.1, -0.05) is 77.8 Å². The minimum atomic E-state index is -0.744. The molecule has 4 aromatic rings. The molecule has 1 saturated heterocycles. The first-order valence-corrected chi connectivity index (χ1v) is 14.2. The Morgan fingerprint density at radius 1 is 1.07 bits per heavy atom. The summed E-state index contributed by atoms with van der Waals surface area (Å²) in [6, 6.07) is 20.7. The van der Waals surface area contributed by atoms with Crippen molar-refractivity contribution < 1.29 is 9.59 Å². The number of nitrogens with two attached hydrogens (primary N) is 1. The van der Waals surface area contributed by atoms with Crippen molar-refractivity contribution in [3.05, 3.63) is 88.2 Å². The molecule has 7 nitrogen and oxygen atoms in total. The van der Waals surface area contributed by atoms with E-state index in [1.165, 1.54) is 0 Å². The number of nitrogens with zero attached hydrogens (tertiary/aromatic N) is 2. The van der Waals surface area contributed by atoms with Gasteiger partial charge in [0.05, 0.1) is 27.1 Å². The van der Waals surface area contributed by atoms with Gasteiger partial charge in [-0.05, 0) is 55.5 Å². The predicted molar refractivity (Wildman–Crippen MR) is 160 cm³/mol. The number of benzene rings is 3. The van der Waals surface area contributed by atoms with E-state index in [1.54, 1.807) is 26.0 Å². The Morgan fingerprint density at radius 2 is 1.75 bits per heavy atom. The summed E-state index contributed by atoms with van der Waals surface area (Å²) in [5.41, 5.74) is 10.0. The molecular weight excluding hydrogens is 545 g/mol. The zero-order valence-electron chi connectivity index (χ0n) is 22.6.